The molecule has 1 nitrogen and oxygen atoms in total. The van der Waals surface area contributed by atoms with Gasteiger partial charge in [-0.1, -0.05) is 90.9 Å². The van der Waals surface area contributed by atoms with Gasteiger partial charge in [0.25, 0.3) is 0 Å². The lowest BCUT2D eigenvalue weighted by Gasteiger charge is -2.11. The monoisotopic (exact) mass is 283 g/mol. The molecule has 0 heterocycles. The Balaban J connectivity index is 3.02. The second-order valence-corrected chi connectivity index (χ2v) is 6.21. The second kappa shape index (κ2) is 17.0. The van der Waals surface area contributed by atoms with Crippen molar-refractivity contribution in [2.24, 2.45) is 0 Å². The summed E-state index contributed by atoms with van der Waals surface area (Å²) in [4.78, 5) is 0. The molecular weight excluding hydrogens is 244 g/mol. The third kappa shape index (κ3) is 16.0. The highest BCUT2D eigenvalue weighted by Crippen LogP contribution is 2.13. The fourth-order valence-corrected chi connectivity index (χ4v) is 2.64. The molecule has 0 aromatic rings. The van der Waals surface area contributed by atoms with Crippen LogP contribution in [0.2, 0.25) is 0 Å². The van der Waals surface area contributed by atoms with Gasteiger partial charge < -0.3 is 4.74 Å². The first-order valence-corrected chi connectivity index (χ1v) is 9.22. The van der Waals surface area contributed by atoms with Crippen molar-refractivity contribution in [2.75, 3.05) is 6.61 Å². The molecule has 0 aliphatic rings. The van der Waals surface area contributed by atoms with Crippen LogP contribution in [0.1, 0.15) is 104 Å². The first kappa shape index (κ1) is 20.0. The fourth-order valence-electron chi connectivity index (χ4n) is 2.64. The van der Waals surface area contributed by atoms with Gasteiger partial charge in [-0.3, -0.25) is 0 Å². The van der Waals surface area contributed by atoms with Gasteiger partial charge in [-0.2, -0.15) is 0 Å². The van der Waals surface area contributed by atoms with Crippen LogP contribution in [0.4, 0.5) is 0 Å². The smallest absolute Gasteiger partial charge is 0.0547 e. The third-order valence-electron chi connectivity index (χ3n) is 4.01. The lowest BCUT2D eigenvalue weighted by Crippen LogP contribution is -2.08. The van der Waals surface area contributed by atoms with Crippen LogP contribution >= 0.6 is 0 Å². The van der Waals surface area contributed by atoms with Crippen LogP contribution in [0.5, 0.6) is 0 Å². The van der Waals surface area contributed by atoms with Crippen molar-refractivity contribution in [1.29, 1.82) is 0 Å². The van der Waals surface area contributed by atoms with Gasteiger partial charge in [0.1, 0.15) is 0 Å². The largest absolute Gasteiger partial charge is 0.379 e. The standard InChI is InChI=1S/C19H39O/c1-4-6-7-8-9-10-11-12-13-14-15-16-17-19(3)20-18-5-2/h19H,2,4-18H2,1,3H3. The molecule has 0 aliphatic carbocycles. The highest BCUT2D eigenvalue weighted by molar-refractivity contribution is 4.53. The number of hydrogen-bond donors (Lipinski definition) is 0. The van der Waals surface area contributed by atoms with Crippen LogP contribution in [0.3, 0.4) is 0 Å². The van der Waals surface area contributed by atoms with Crippen molar-refractivity contribution in [3.05, 3.63) is 6.92 Å². The molecule has 0 aromatic carbocycles. The molecule has 0 saturated heterocycles. The van der Waals surface area contributed by atoms with E-state index in [-0.39, 0.29) is 0 Å². The predicted molar refractivity (Wildman–Crippen MR) is 91.1 cm³/mol. The van der Waals surface area contributed by atoms with E-state index in [1.54, 1.807) is 0 Å². The summed E-state index contributed by atoms with van der Waals surface area (Å²) < 4.78 is 5.63. The first-order valence-electron chi connectivity index (χ1n) is 9.22. The van der Waals surface area contributed by atoms with Gasteiger partial charge >= 0.3 is 0 Å². The predicted octanol–water partition coefficient (Wildman–Crippen LogP) is 6.71. The molecule has 1 heteroatoms. The molecule has 20 heavy (non-hydrogen) atoms. The zero-order valence-electron chi connectivity index (χ0n) is 14.3. The lowest BCUT2D eigenvalue weighted by molar-refractivity contribution is 0.0615. The Morgan fingerprint density at radius 1 is 0.750 bits per heavy atom. The molecule has 0 spiro atoms. The van der Waals surface area contributed by atoms with Crippen molar-refractivity contribution < 1.29 is 4.74 Å². The normalized spacial score (nSPS) is 12.8. The van der Waals surface area contributed by atoms with Crippen molar-refractivity contribution in [1.82, 2.24) is 0 Å². The summed E-state index contributed by atoms with van der Waals surface area (Å²) in [5.74, 6) is 0. The number of unbranched alkanes of at least 4 members (excludes halogenated alkanes) is 11. The molecule has 0 rings (SSSR count). The van der Waals surface area contributed by atoms with Gasteiger partial charge in [-0.05, 0) is 19.8 Å². The Hall–Kier alpha value is -0.0400. The molecule has 121 valence electrons. The van der Waals surface area contributed by atoms with Crippen LogP contribution in [-0.4, -0.2) is 12.7 Å². The average Bonchev–Trinajstić information content (AvgIpc) is 2.46. The summed E-state index contributed by atoms with van der Waals surface area (Å²) in [5, 5.41) is 0. The van der Waals surface area contributed by atoms with Gasteiger partial charge in [0.05, 0.1) is 6.10 Å². The molecule has 0 fully saturated rings. The zero-order valence-corrected chi connectivity index (χ0v) is 14.3. The van der Waals surface area contributed by atoms with E-state index in [2.05, 4.69) is 20.8 Å². The SMILES string of the molecule is [CH2]CCOC(C)CCCCCCCCCCCCCC. The molecular formula is C19H39O. The minimum absolute atomic E-state index is 0.430. The zero-order chi connectivity index (χ0) is 14.9. The Morgan fingerprint density at radius 3 is 1.65 bits per heavy atom. The van der Waals surface area contributed by atoms with E-state index in [0.717, 1.165) is 13.0 Å². The lowest BCUT2D eigenvalue weighted by atomic mass is 10.0. The maximum atomic E-state index is 5.63. The number of hydrogen-bond acceptors (Lipinski definition) is 1. The number of ether oxygens (including phenoxy) is 1. The molecule has 0 bridgehead atoms. The van der Waals surface area contributed by atoms with Crippen LogP contribution in [0, 0.1) is 6.92 Å². The Bertz CT molecular complexity index is 167. The molecule has 0 saturated carbocycles. The quantitative estimate of drug-likeness (QED) is 0.286. The van der Waals surface area contributed by atoms with Crippen molar-refractivity contribution >= 4 is 0 Å². The van der Waals surface area contributed by atoms with Crippen LogP contribution in [0.15, 0.2) is 0 Å². The maximum Gasteiger partial charge on any atom is 0.0547 e. The minimum atomic E-state index is 0.430. The Morgan fingerprint density at radius 2 is 1.20 bits per heavy atom. The van der Waals surface area contributed by atoms with E-state index >= 15 is 0 Å². The van der Waals surface area contributed by atoms with Crippen molar-refractivity contribution in [2.45, 2.75) is 110 Å². The molecule has 0 amide bonds. The van der Waals surface area contributed by atoms with E-state index in [4.69, 9.17) is 4.74 Å². The Kier molecular flexibility index (Phi) is 17.0. The van der Waals surface area contributed by atoms with Gasteiger partial charge in [-0.15, -0.1) is 0 Å². The van der Waals surface area contributed by atoms with Crippen LogP contribution in [0.25, 0.3) is 0 Å². The van der Waals surface area contributed by atoms with Crippen LogP contribution in [-0.2, 0) is 4.74 Å². The fraction of sp³-hybridized carbons (Fsp3) is 0.947. The van der Waals surface area contributed by atoms with E-state index in [9.17, 15) is 0 Å². The maximum absolute atomic E-state index is 5.63. The summed E-state index contributed by atoms with van der Waals surface area (Å²) in [6, 6.07) is 0. The Labute approximate surface area is 128 Å². The van der Waals surface area contributed by atoms with E-state index in [1.807, 2.05) is 0 Å². The summed E-state index contributed by atoms with van der Waals surface area (Å²) in [6.45, 7) is 9.09. The summed E-state index contributed by atoms with van der Waals surface area (Å²) >= 11 is 0. The topological polar surface area (TPSA) is 9.23 Å². The highest BCUT2D eigenvalue weighted by Gasteiger charge is 2.00. The molecule has 0 N–H and O–H groups in total. The van der Waals surface area contributed by atoms with E-state index in [0.29, 0.717) is 6.10 Å². The molecule has 1 atom stereocenters. The molecule has 0 aromatic heterocycles. The van der Waals surface area contributed by atoms with Crippen molar-refractivity contribution in [3.63, 3.8) is 0 Å². The minimum Gasteiger partial charge on any atom is -0.379 e. The summed E-state index contributed by atoms with van der Waals surface area (Å²) in [5.41, 5.74) is 0. The van der Waals surface area contributed by atoms with E-state index in [1.165, 1.54) is 83.5 Å². The van der Waals surface area contributed by atoms with E-state index < -0.39 is 0 Å². The molecule has 1 radical (unpaired) electrons. The van der Waals surface area contributed by atoms with Crippen molar-refractivity contribution in [3.8, 4) is 0 Å². The highest BCUT2D eigenvalue weighted by atomic mass is 16.5. The first-order chi connectivity index (χ1) is 9.81. The van der Waals surface area contributed by atoms with Gasteiger partial charge in [0.2, 0.25) is 0 Å². The average molecular weight is 284 g/mol. The van der Waals surface area contributed by atoms with Crippen LogP contribution < -0.4 is 0 Å². The van der Waals surface area contributed by atoms with Gasteiger partial charge in [0, 0.05) is 6.61 Å². The van der Waals surface area contributed by atoms with Gasteiger partial charge in [-0.25, -0.2) is 0 Å². The van der Waals surface area contributed by atoms with Gasteiger partial charge in [0.15, 0.2) is 0 Å². The summed E-state index contributed by atoms with van der Waals surface area (Å²) in [6.07, 6.45) is 19.6. The third-order valence-corrected chi connectivity index (χ3v) is 4.01. The second-order valence-electron chi connectivity index (χ2n) is 6.21. The molecule has 0 aliphatic heterocycles. The summed E-state index contributed by atoms with van der Waals surface area (Å²) in [7, 11) is 0. The number of rotatable bonds is 16. The molecule has 1 unspecified atom stereocenters.